The fourth-order valence-corrected chi connectivity index (χ4v) is 5.61. The number of hydrogen-bond acceptors (Lipinski definition) is 11. The Hall–Kier alpha value is -3.93. The van der Waals surface area contributed by atoms with Gasteiger partial charge < -0.3 is 24.1 Å². The van der Waals surface area contributed by atoms with Crippen molar-refractivity contribution in [3.8, 4) is 11.5 Å². The van der Waals surface area contributed by atoms with E-state index < -0.39 is 0 Å². The molecule has 4 aromatic rings. The third-order valence-electron chi connectivity index (χ3n) is 6.56. The Balaban J connectivity index is 1.51. The number of carbonyl (C=O) groups excluding carboxylic acids is 1. The predicted octanol–water partition coefficient (Wildman–Crippen LogP) is 5.04. The highest BCUT2D eigenvalue weighted by molar-refractivity contribution is 7.17. The molecule has 1 unspecified atom stereocenters. The Labute approximate surface area is 224 Å². The molecule has 0 aliphatic heterocycles. The van der Waals surface area contributed by atoms with Crippen LogP contribution in [-0.4, -0.2) is 51.3 Å². The lowest BCUT2D eigenvalue weighted by atomic mass is 9.87. The van der Waals surface area contributed by atoms with Gasteiger partial charge >= 0.3 is 5.97 Å². The lowest BCUT2D eigenvalue weighted by Crippen LogP contribution is -2.19. The number of thiazole rings is 1. The number of imidazole rings is 1. The molecule has 200 valence electrons. The monoisotopic (exact) mass is 537 g/mol. The molecule has 3 aromatic heterocycles. The smallest absolute Gasteiger partial charge is 0.350 e. The zero-order valence-electron chi connectivity index (χ0n) is 22.1. The molecule has 3 heterocycles. The number of carbonyl (C=O) groups is 1. The molecule has 0 saturated carbocycles. The van der Waals surface area contributed by atoms with E-state index in [0.717, 1.165) is 42.6 Å². The van der Waals surface area contributed by atoms with E-state index in [4.69, 9.17) is 19.2 Å². The zero-order chi connectivity index (χ0) is 26.8. The number of hydrogen-bond donors (Lipinski definition) is 2. The van der Waals surface area contributed by atoms with Crippen LogP contribution < -0.4 is 20.1 Å². The Morgan fingerprint density at radius 3 is 2.68 bits per heavy atom. The van der Waals surface area contributed by atoms with Gasteiger partial charge in [0.2, 0.25) is 5.95 Å². The number of nitrogens with zero attached hydrogens (tertiary/aromatic N) is 5. The van der Waals surface area contributed by atoms with Crippen molar-refractivity contribution in [1.29, 1.82) is 0 Å². The lowest BCUT2D eigenvalue weighted by Gasteiger charge is -2.28. The van der Waals surface area contributed by atoms with Crippen LogP contribution in [0.15, 0.2) is 18.5 Å². The summed E-state index contributed by atoms with van der Waals surface area (Å²) in [5, 5.41) is 7.34. The standard InChI is InChI=1S/C26H31N7O4S/c1-6-33-13-27-22-20(33)23(29-17-10-8-9-15-11-18(35-4)19(36-5)12-16(15)17)31-25(30-22)32-26-28-14(3)21(38-26)24(34)37-7-2/h11-13,17H,6-10H2,1-5H3,(H2,28,29,30,31,32). The van der Waals surface area contributed by atoms with Gasteiger partial charge in [-0.3, -0.25) is 5.32 Å². The maximum atomic E-state index is 12.3. The van der Waals surface area contributed by atoms with Crippen LogP contribution in [0.25, 0.3) is 11.2 Å². The summed E-state index contributed by atoms with van der Waals surface area (Å²) in [6.45, 7) is 6.63. The molecule has 0 amide bonds. The molecular weight excluding hydrogens is 506 g/mol. The maximum absolute atomic E-state index is 12.3. The van der Waals surface area contributed by atoms with Gasteiger partial charge in [0, 0.05) is 6.54 Å². The normalized spacial score (nSPS) is 14.7. The molecule has 1 aliphatic rings. The third-order valence-corrected chi connectivity index (χ3v) is 7.61. The molecule has 12 heteroatoms. The third kappa shape index (κ3) is 4.83. The first-order chi connectivity index (χ1) is 18.4. The molecule has 38 heavy (non-hydrogen) atoms. The second kappa shape index (κ2) is 10.8. The zero-order valence-corrected chi connectivity index (χ0v) is 22.9. The van der Waals surface area contributed by atoms with Crippen molar-refractivity contribution in [2.24, 2.45) is 0 Å². The Kier molecular flexibility index (Phi) is 7.32. The minimum Gasteiger partial charge on any atom is -0.493 e. The number of methoxy groups -OCH3 is 2. The number of aryl methyl sites for hydroxylation is 3. The molecule has 1 aliphatic carbocycles. The minimum atomic E-state index is -0.390. The average Bonchev–Trinajstić information content (AvgIpc) is 3.51. The molecule has 0 saturated heterocycles. The van der Waals surface area contributed by atoms with Crippen LogP contribution in [0.4, 0.5) is 16.9 Å². The van der Waals surface area contributed by atoms with Crippen LogP contribution in [0, 0.1) is 6.92 Å². The maximum Gasteiger partial charge on any atom is 0.350 e. The van der Waals surface area contributed by atoms with Crippen molar-refractivity contribution in [3.05, 3.63) is 40.2 Å². The Morgan fingerprint density at radius 1 is 1.16 bits per heavy atom. The molecule has 0 fully saturated rings. The largest absolute Gasteiger partial charge is 0.493 e. The van der Waals surface area contributed by atoms with Gasteiger partial charge in [0.1, 0.15) is 10.4 Å². The highest BCUT2D eigenvalue weighted by Crippen LogP contribution is 2.40. The van der Waals surface area contributed by atoms with Crippen LogP contribution >= 0.6 is 11.3 Å². The predicted molar refractivity (Wildman–Crippen MR) is 146 cm³/mol. The van der Waals surface area contributed by atoms with E-state index in [1.165, 1.54) is 16.9 Å². The summed E-state index contributed by atoms with van der Waals surface area (Å²) >= 11 is 1.21. The fraction of sp³-hybridized carbons (Fsp3) is 0.423. The number of rotatable bonds is 9. The first-order valence-electron chi connectivity index (χ1n) is 12.6. The average molecular weight is 538 g/mol. The van der Waals surface area contributed by atoms with Gasteiger partial charge in [-0.05, 0) is 63.3 Å². The Bertz CT molecular complexity index is 1480. The molecule has 11 nitrogen and oxygen atoms in total. The summed E-state index contributed by atoms with van der Waals surface area (Å²) in [4.78, 5) is 31.2. The number of esters is 1. The molecule has 2 N–H and O–H groups in total. The first kappa shape index (κ1) is 25.7. The minimum absolute atomic E-state index is 0.0160. The van der Waals surface area contributed by atoms with E-state index in [0.29, 0.717) is 45.5 Å². The van der Waals surface area contributed by atoms with Crippen LogP contribution in [0.1, 0.15) is 59.2 Å². The van der Waals surface area contributed by atoms with Crippen molar-refractivity contribution in [1.82, 2.24) is 24.5 Å². The van der Waals surface area contributed by atoms with Gasteiger partial charge in [-0.25, -0.2) is 14.8 Å². The van der Waals surface area contributed by atoms with Crippen LogP contribution in [0.3, 0.4) is 0 Å². The fourth-order valence-electron chi connectivity index (χ4n) is 4.75. The summed E-state index contributed by atoms with van der Waals surface area (Å²) in [5.41, 5.74) is 4.37. The van der Waals surface area contributed by atoms with Gasteiger partial charge in [0.15, 0.2) is 28.1 Å². The van der Waals surface area contributed by atoms with Gasteiger partial charge in [-0.2, -0.15) is 9.97 Å². The van der Waals surface area contributed by atoms with E-state index in [1.807, 2.05) is 4.57 Å². The summed E-state index contributed by atoms with van der Waals surface area (Å²) in [5.74, 6) is 2.05. The quantitative estimate of drug-likeness (QED) is 0.281. The number of benzene rings is 1. The van der Waals surface area contributed by atoms with Crippen molar-refractivity contribution in [2.45, 2.75) is 52.6 Å². The number of anilines is 3. The summed E-state index contributed by atoms with van der Waals surface area (Å²) < 4.78 is 18.3. The van der Waals surface area contributed by atoms with Crippen molar-refractivity contribution < 1.29 is 19.0 Å². The van der Waals surface area contributed by atoms with Gasteiger partial charge in [0.25, 0.3) is 0 Å². The molecule has 1 atom stereocenters. The molecule has 0 spiro atoms. The molecule has 0 radical (unpaired) electrons. The second-order valence-corrected chi connectivity index (χ2v) is 9.87. The van der Waals surface area contributed by atoms with Crippen molar-refractivity contribution in [2.75, 3.05) is 31.5 Å². The molecule has 1 aromatic carbocycles. The van der Waals surface area contributed by atoms with Gasteiger partial charge in [-0.1, -0.05) is 11.3 Å². The Morgan fingerprint density at radius 2 is 1.95 bits per heavy atom. The number of fused-ring (bicyclic) bond motifs is 2. The number of nitrogens with one attached hydrogen (secondary N) is 2. The van der Waals surface area contributed by atoms with Crippen LogP contribution in [-0.2, 0) is 17.7 Å². The van der Waals surface area contributed by atoms with Gasteiger partial charge in [-0.15, -0.1) is 0 Å². The van der Waals surface area contributed by atoms with E-state index in [-0.39, 0.29) is 12.0 Å². The van der Waals surface area contributed by atoms with E-state index in [2.05, 4.69) is 44.6 Å². The number of ether oxygens (including phenoxy) is 3. The van der Waals surface area contributed by atoms with E-state index in [1.54, 1.807) is 34.4 Å². The van der Waals surface area contributed by atoms with Crippen molar-refractivity contribution >= 4 is 45.4 Å². The molecule has 0 bridgehead atoms. The highest BCUT2D eigenvalue weighted by Gasteiger charge is 2.25. The van der Waals surface area contributed by atoms with E-state index in [9.17, 15) is 4.79 Å². The second-order valence-electron chi connectivity index (χ2n) is 8.87. The summed E-state index contributed by atoms with van der Waals surface area (Å²) in [6.07, 6.45) is 4.70. The molecular formula is C26H31N7O4S. The van der Waals surface area contributed by atoms with Crippen LogP contribution in [0.5, 0.6) is 11.5 Å². The van der Waals surface area contributed by atoms with Crippen LogP contribution in [0.2, 0.25) is 0 Å². The first-order valence-corrected chi connectivity index (χ1v) is 13.4. The topological polar surface area (TPSA) is 125 Å². The van der Waals surface area contributed by atoms with Gasteiger partial charge in [0.05, 0.1) is 38.9 Å². The van der Waals surface area contributed by atoms with Crippen molar-refractivity contribution in [3.63, 3.8) is 0 Å². The lowest BCUT2D eigenvalue weighted by molar-refractivity contribution is 0.0531. The molecule has 5 rings (SSSR count). The highest BCUT2D eigenvalue weighted by atomic mass is 32.1. The van der Waals surface area contributed by atoms with E-state index >= 15 is 0 Å². The number of aromatic nitrogens is 5. The summed E-state index contributed by atoms with van der Waals surface area (Å²) in [6, 6.07) is 4.13. The summed E-state index contributed by atoms with van der Waals surface area (Å²) in [7, 11) is 3.30. The SMILES string of the molecule is CCOC(=O)c1sc(Nc2nc(NC3CCCc4cc(OC)c(OC)cc43)c3c(ncn3CC)n2)nc1C.